The van der Waals surface area contributed by atoms with Crippen molar-refractivity contribution < 1.29 is 24.4 Å². The Bertz CT molecular complexity index is 1360. The molecule has 4 aliphatic carbocycles. The number of nitro benzene ring substituents is 1. The number of carbonyl (C=O) groups excluding carboxylic acids is 2. The summed E-state index contributed by atoms with van der Waals surface area (Å²) in [5.41, 5.74) is 0.916. The van der Waals surface area contributed by atoms with Crippen LogP contribution in [0, 0.1) is 36.9 Å². The summed E-state index contributed by atoms with van der Waals surface area (Å²) in [6.07, 6.45) is 7.89. The summed E-state index contributed by atoms with van der Waals surface area (Å²) in [5.74, 6) is 1.83. The van der Waals surface area contributed by atoms with Gasteiger partial charge in [-0.25, -0.2) is 0 Å². The number of likely N-dealkylation sites (tertiary alicyclic amines) is 1. The van der Waals surface area contributed by atoms with Crippen molar-refractivity contribution in [3.8, 4) is 0 Å². The molecule has 1 aliphatic heterocycles. The molecule has 1 heterocycles. The maximum atomic E-state index is 14.5. The van der Waals surface area contributed by atoms with Crippen LogP contribution in [0.3, 0.4) is 0 Å². The lowest BCUT2D eigenvalue weighted by atomic mass is 9.49. The summed E-state index contributed by atoms with van der Waals surface area (Å²) in [4.78, 5) is 41.9. The van der Waals surface area contributed by atoms with Crippen LogP contribution in [-0.4, -0.2) is 53.6 Å². The Hall–Kier alpha value is -2.57. The van der Waals surface area contributed by atoms with Crippen LogP contribution in [0.15, 0.2) is 42.5 Å². The van der Waals surface area contributed by atoms with Crippen LogP contribution in [0.2, 0.25) is 0 Å². The van der Waals surface area contributed by atoms with Crippen LogP contribution in [0.4, 0.5) is 5.69 Å². The average molecular weight is 702 g/mol. The average Bonchev–Trinajstić information content (AvgIpc) is 3.26. The van der Waals surface area contributed by atoms with Crippen molar-refractivity contribution >= 4 is 40.1 Å². The van der Waals surface area contributed by atoms with Crippen molar-refractivity contribution in [2.24, 2.45) is 23.2 Å². The topological polar surface area (TPSA) is 122 Å². The molecule has 2 atom stereocenters. The van der Waals surface area contributed by atoms with Crippen molar-refractivity contribution in [2.75, 3.05) is 26.8 Å². The molecule has 9 nitrogen and oxygen atoms in total. The zero-order valence-corrected chi connectivity index (χ0v) is 26.8. The quantitative estimate of drug-likeness (QED) is 0.143. The minimum atomic E-state index is -1.29. The molecule has 5 fully saturated rings. The molecular formula is C33H40IN3O6. The fraction of sp³-hybridized carbons (Fsp3) is 0.576. The highest BCUT2D eigenvalue weighted by Crippen LogP contribution is 2.62. The molecule has 2 aromatic rings. The predicted octanol–water partition coefficient (Wildman–Crippen LogP) is 5.27. The van der Waals surface area contributed by atoms with E-state index in [9.17, 15) is 24.8 Å². The van der Waals surface area contributed by atoms with E-state index in [-0.39, 0.29) is 35.9 Å². The van der Waals surface area contributed by atoms with E-state index in [1.807, 2.05) is 23.1 Å². The van der Waals surface area contributed by atoms with Gasteiger partial charge in [-0.2, -0.15) is 0 Å². The number of nitro groups is 1. The molecule has 0 aromatic heterocycles. The van der Waals surface area contributed by atoms with Gasteiger partial charge in [-0.05, 0) is 113 Å². The molecule has 4 bridgehead atoms. The molecule has 230 valence electrons. The number of nitrogens with one attached hydrogen (secondary N) is 1. The first kappa shape index (κ1) is 30.5. The highest BCUT2D eigenvalue weighted by Gasteiger charge is 2.61. The summed E-state index contributed by atoms with van der Waals surface area (Å²) in [6.45, 7) is 1.39. The second kappa shape index (κ2) is 12.1. The van der Waals surface area contributed by atoms with E-state index in [2.05, 4.69) is 27.9 Å². The van der Waals surface area contributed by atoms with Gasteiger partial charge < -0.3 is 20.1 Å². The maximum absolute atomic E-state index is 14.5. The van der Waals surface area contributed by atoms with Crippen molar-refractivity contribution in [1.29, 1.82) is 0 Å². The summed E-state index contributed by atoms with van der Waals surface area (Å²) in [6, 6.07) is 11.3. The number of hydrogen-bond acceptors (Lipinski definition) is 6. The number of methoxy groups -OCH3 is 1. The molecule has 10 heteroatoms. The second-order valence-electron chi connectivity index (χ2n) is 13.4. The van der Waals surface area contributed by atoms with E-state index in [0.29, 0.717) is 31.7 Å². The highest BCUT2D eigenvalue weighted by atomic mass is 127. The molecule has 2 aromatic carbocycles. The first-order chi connectivity index (χ1) is 20.7. The largest absolute Gasteiger partial charge is 0.392 e. The molecular weight excluding hydrogens is 661 g/mol. The van der Waals surface area contributed by atoms with Gasteiger partial charge in [0.1, 0.15) is 5.41 Å². The number of ether oxygens (including phenoxy) is 1. The second-order valence-corrected chi connectivity index (χ2v) is 14.6. The Morgan fingerprint density at radius 2 is 1.77 bits per heavy atom. The number of aliphatic hydroxyl groups is 1. The van der Waals surface area contributed by atoms with E-state index in [1.54, 1.807) is 19.2 Å². The monoisotopic (exact) mass is 701 g/mol. The van der Waals surface area contributed by atoms with E-state index in [1.165, 1.54) is 31.4 Å². The van der Waals surface area contributed by atoms with Gasteiger partial charge in [-0.1, -0.05) is 24.3 Å². The molecule has 7 rings (SSSR count). The number of halogens is 1. The summed E-state index contributed by atoms with van der Waals surface area (Å²) in [5, 5.41) is 24.5. The molecule has 2 amide bonds. The summed E-state index contributed by atoms with van der Waals surface area (Å²) >= 11 is 2.25. The van der Waals surface area contributed by atoms with Crippen LogP contribution in [0.5, 0.6) is 0 Å². The minimum absolute atomic E-state index is 0.0181. The number of benzene rings is 2. The Morgan fingerprint density at radius 1 is 1.12 bits per heavy atom. The van der Waals surface area contributed by atoms with E-state index < -0.39 is 16.4 Å². The lowest BCUT2D eigenvalue weighted by Gasteiger charge is -2.58. The van der Waals surface area contributed by atoms with Crippen LogP contribution < -0.4 is 5.32 Å². The fourth-order valence-corrected chi connectivity index (χ4v) is 10.1. The minimum Gasteiger partial charge on any atom is -0.392 e. The Balaban J connectivity index is 1.47. The molecule has 0 unspecified atom stereocenters. The van der Waals surface area contributed by atoms with Gasteiger partial charge in [0.2, 0.25) is 11.8 Å². The van der Waals surface area contributed by atoms with E-state index >= 15 is 0 Å². The van der Waals surface area contributed by atoms with Crippen LogP contribution in [0.1, 0.15) is 74.1 Å². The fourth-order valence-electron chi connectivity index (χ4n) is 9.25. The van der Waals surface area contributed by atoms with Gasteiger partial charge in [0.05, 0.1) is 17.6 Å². The van der Waals surface area contributed by atoms with Crippen LogP contribution in [0.25, 0.3) is 0 Å². The molecule has 1 saturated heterocycles. The normalized spacial score (nSPS) is 31.0. The molecule has 2 N–H and O–H groups in total. The molecule has 0 spiro atoms. The maximum Gasteiger partial charge on any atom is 0.269 e. The first-order valence-electron chi connectivity index (χ1n) is 15.4. The first-order valence-corrected chi connectivity index (χ1v) is 16.5. The van der Waals surface area contributed by atoms with Gasteiger partial charge in [0, 0.05) is 48.9 Å². The van der Waals surface area contributed by atoms with Crippen molar-refractivity contribution in [1.82, 2.24) is 10.2 Å². The number of aliphatic hydroxyl groups excluding tert-OH is 1. The summed E-state index contributed by atoms with van der Waals surface area (Å²) in [7, 11) is 1.62. The Labute approximate surface area is 266 Å². The van der Waals surface area contributed by atoms with Crippen LogP contribution >= 0.6 is 22.6 Å². The van der Waals surface area contributed by atoms with Gasteiger partial charge in [-0.3, -0.25) is 19.7 Å². The lowest BCUT2D eigenvalue weighted by molar-refractivity contribution is -0.384. The number of nitrogens with zero attached hydrogens (tertiary/aromatic N) is 2. The van der Waals surface area contributed by atoms with Crippen LogP contribution in [-0.2, 0) is 26.3 Å². The molecule has 43 heavy (non-hydrogen) atoms. The number of non-ortho nitro benzene ring substituents is 1. The smallest absolute Gasteiger partial charge is 0.269 e. The zero-order chi connectivity index (χ0) is 30.4. The number of hydrogen-bond donors (Lipinski definition) is 2. The summed E-state index contributed by atoms with van der Waals surface area (Å²) < 4.78 is 6.07. The zero-order valence-electron chi connectivity index (χ0n) is 24.6. The lowest BCUT2D eigenvalue weighted by Crippen LogP contribution is -2.53. The third-order valence-corrected chi connectivity index (χ3v) is 11.5. The SMILES string of the molecule is COCCCNC(=O)[C@@]1(c2ccc([N+](=O)[O-])cc2)CC(=O)N(CC23CC4CC(CC(C4)C2)C3)[C@@H]1c1ccc(CO)cc1I. The van der Waals surface area contributed by atoms with Gasteiger partial charge >= 0.3 is 0 Å². The van der Waals surface area contributed by atoms with Crippen molar-refractivity contribution in [2.45, 2.75) is 69.4 Å². The third-order valence-electron chi connectivity index (χ3n) is 10.6. The van der Waals surface area contributed by atoms with E-state index in [4.69, 9.17) is 4.74 Å². The van der Waals surface area contributed by atoms with Crippen molar-refractivity contribution in [3.63, 3.8) is 0 Å². The predicted molar refractivity (Wildman–Crippen MR) is 169 cm³/mol. The number of carbonyl (C=O) groups is 2. The van der Waals surface area contributed by atoms with Gasteiger partial charge in [0.15, 0.2) is 0 Å². The Morgan fingerprint density at radius 3 is 2.33 bits per heavy atom. The Kier molecular flexibility index (Phi) is 8.56. The molecule has 0 radical (unpaired) electrons. The highest BCUT2D eigenvalue weighted by molar-refractivity contribution is 14.1. The number of rotatable bonds is 11. The van der Waals surface area contributed by atoms with Gasteiger partial charge in [-0.15, -0.1) is 0 Å². The van der Waals surface area contributed by atoms with Crippen molar-refractivity contribution in [3.05, 3.63) is 72.8 Å². The standard InChI is InChI=1S/C33H40IN3O6/c1-43-10-2-9-35-31(40)33(25-4-6-26(7-5-25)37(41)42)18-29(39)36(30(33)27-8-3-21(19-38)14-28(27)34)20-32-15-22-11-23(16-32)13-24(12-22)17-32/h3-8,14,22-24,30,38H,2,9-13,15-20H2,1H3,(H,35,40)/t22?,23?,24?,30-,32?,33-/m1/s1. The molecule has 5 aliphatic rings. The van der Waals surface area contributed by atoms with Gasteiger partial charge in [0.25, 0.3) is 5.69 Å². The van der Waals surface area contributed by atoms with E-state index in [0.717, 1.165) is 51.7 Å². The number of amides is 2. The third kappa shape index (κ3) is 5.59. The molecule has 4 saturated carbocycles.